The molecule has 206 valence electrons. The van der Waals surface area contributed by atoms with Gasteiger partial charge in [0.15, 0.2) is 15.7 Å². The summed E-state index contributed by atoms with van der Waals surface area (Å²) in [5.74, 6) is -1.23. The van der Waals surface area contributed by atoms with E-state index < -0.39 is 21.6 Å². The summed E-state index contributed by atoms with van der Waals surface area (Å²) in [4.78, 5) is 24.5. The van der Waals surface area contributed by atoms with E-state index in [4.69, 9.17) is 4.74 Å². The Morgan fingerprint density at radius 2 is 1.95 bits per heavy atom. The lowest BCUT2D eigenvalue weighted by atomic mass is 10.0. The fourth-order valence-corrected chi connectivity index (χ4v) is 5.29. The average molecular weight is 556 g/mol. The number of ether oxygens (including phenoxy) is 1. The molecule has 2 aromatic carbocycles. The predicted molar refractivity (Wildman–Crippen MR) is 148 cm³/mol. The molecule has 0 radical (unpaired) electrons. The number of piperazine rings is 1. The summed E-state index contributed by atoms with van der Waals surface area (Å²) in [7, 11) is -1.54. The number of sulfone groups is 1. The zero-order valence-electron chi connectivity index (χ0n) is 22.1. The zero-order chi connectivity index (χ0) is 27.9. The lowest BCUT2D eigenvalue weighted by Gasteiger charge is -2.38. The van der Waals surface area contributed by atoms with Crippen LogP contribution < -0.4 is 20.3 Å². The minimum atomic E-state index is -3.24. The Kier molecular flexibility index (Phi) is 7.12. The van der Waals surface area contributed by atoms with Gasteiger partial charge >= 0.3 is 6.01 Å². The third-order valence-electron chi connectivity index (χ3n) is 6.47. The number of aromatic nitrogens is 4. The van der Waals surface area contributed by atoms with Crippen molar-refractivity contribution < 1.29 is 22.3 Å². The number of hydrogen-bond acceptors (Lipinski definition) is 9. The van der Waals surface area contributed by atoms with Crippen LogP contribution in [0.25, 0.3) is 21.8 Å². The van der Waals surface area contributed by atoms with E-state index in [1.54, 1.807) is 31.6 Å². The van der Waals surface area contributed by atoms with E-state index in [1.165, 1.54) is 10.7 Å². The van der Waals surface area contributed by atoms with Crippen LogP contribution in [0.4, 0.5) is 15.8 Å². The molecule has 2 unspecified atom stereocenters. The summed E-state index contributed by atoms with van der Waals surface area (Å²) >= 11 is 0. The molecule has 2 aromatic heterocycles. The molecule has 0 bridgehead atoms. The molecular formula is C26H30FN7O4S. The van der Waals surface area contributed by atoms with E-state index in [0.717, 1.165) is 25.0 Å². The van der Waals surface area contributed by atoms with Gasteiger partial charge in [0.1, 0.15) is 12.1 Å². The average Bonchev–Trinajstić information content (AvgIpc) is 3.22. The van der Waals surface area contributed by atoms with Crippen molar-refractivity contribution in [1.82, 2.24) is 25.1 Å². The van der Waals surface area contributed by atoms with Crippen LogP contribution in [0.15, 0.2) is 36.7 Å². The number of carbonyl (C=O) groups excluding carboxylic acids is 1. The number of aryl methyl sites for hydroxylation is 1. The summed E-state index contributed by atoms with van der Waals surface area (Å²) in [5, 5.41) is 11.6. The molecule has 1 aliphatic heterocycles. The van der Waals surface area contributed by atoms with Gasteiger partial charge in [-0.25, -0.2) is 17.8 Å². The third-order valence-corrected chi connectivity index (χ3v) is 7.38. The van der Waals surface area contributed by atoms with Crippen molar-refractivity contribution in [1.29, 1.82) is 0 Å². The highest BCUT2D eigenvalue weighted by Crippen LogP contribution is 2.31. The van der Waals surface area contributed by atoms with Crippen LogP contribution in [0, 0.1) is 5.82 Å². The molecule has 5 rings (SSSR count). The number of benzene rings is 2. The van der Waals surface area contributed by atoms with E-state index >= 15 is 0 Å². The Bertz CT molecular complexity index is 1660. The molecule has 13 heteroatoms. The van der Waals surface area contributed by atoms with E-state index in [2.05, 4.69) is 44.4 Å². The molecule has 0 saturated carbocycles. The molecule has 39 heavy (non-hydrogen) atoms. The maximum Gasteiger partial charge on any atom is 0.316 e. The second-order valence-electron chi connectivity index (χ2n) is 10.1. The number of rotatable bonds is 7. The highest BCUT2D eigenvalue weighted by molar-refractivity contribution is 7.90. The first-order valence-corrected chi connectivity index (χ1v) is 14.6. The van der Waals surface area contributed by atoms with Gasteiger partial charge in [0.05, 0.1) is 16.8 Å². The van der Waals surface area contributed by atoms with Crippen LogP contribution >= 0.6 is 0 Å². The van der Waals surface area contributed by atoms with E-state index in [-0.39, 0.29) is 47.2 Å². The summed E-state index contributed by atoms with van der Waals surface area (Å²) in [6.45, 7) is 5.59. The van der Waals surface area contributed by atoms with Crippen molar-refractivity contribution >= 4 is 48.9 Å². The van der Waals surface area contributed by atoms with Gasteiger partial charge in [-0.2, -0.15) is 10.1 Å². The molecule has 0 spiro atoms. The first-order chi connectivity index (χ1) is 18.5. The summed E-state index contributed by atoms with van der Waals surface area (Å²) in [5.41, 5.74) is 1.95. The number of nitrogens with one attached hydrogen (secondary N) is 2. The molecule has 4 aromatic rings. The molecule has 0 aliphatic carbocycles. The smallest absolute Gasteiger partial charge is 0.316 e. The van der Waals surface area contributed by atoms with Gasteiger partial charge in [-0.05, 0) is 38.1 Å². The quantitative estimate of drug-likeness (QED) is 0.353. The number of hydrogen-bond donors (Lipinski definition) is 2. The van der Waals surface area contributed by atoms with Crippen molar-refractivity contribution in [3.63, 3.8) is 0 Å². The van der Waals surface area contributed by atoms with Crippen LogP contribution in [-0.4, -0.2) is 77.9 Å². The van der Waals surface area contributed by atoms with Gasteiger partial charge in [-0.1, -0.05) is 0 Å². The van der Waals surface area contributed by atoms with Crippen molar-refractivity contribution in [3.8, 4) is 6.01 Å². The summed E-state index contributed by atoms with van der Waals surface area (Å²) in [6.07, 6.45) is 4.37. The Labute approximate surface area is 225 Å². The summed E-state index contributed by atoms with van der Waals surface area (Å²) in [6, 6.07) is 6.88. The lowest BCUT2D eigenvalue weighted by Crippen LogP contribution is -2.54. The number of nitrogens with zero attached hydrogens (tertiary/aromatic N) is 5. The van der Waals surface area contributed by atoms with Gasteiger partial charge in [-0.3, -0.25) is 9.48 Å². The number of amides is 1. The maximum absolute atomic E-state index is 14.6. The molecule has 2 atom stereocenters. The Balaban J connectivity index is 1.52. The molecule has 1 aliphatic rings. The van der Waals surface area contributed by atoms with E-state index in [0.29, 0.717) is 16.3 Å². The standard InChI is InChI=1S/C26H30FN7O4S/c1-15-12-34(13-16(2)29-15)22-6-5-19(24-20(22)11-28-26(31-24)38-7-8-39(4,36)37)25(35)30-18-9-17-14-33(3)32-23(17)21(27)10-18/h5-6,9-11,14-16,29H,7-8,12-13H2,1-4H3,(H,30,35). The van der Waals surface area contributed by atoms with Crippen molar-refractivity contribution in [3.05, 3.63) is 48.0 Å². The number of fused-ring (bicyclic) bond motifs is 2. The zero-order valence-corrected chi connectivity index (χ0v) is 22.9. The fraction of sp³-hybridized carbons (Fsp3) is 0.385. The molecule has 2 N–H and O–H groups in total. The Morgan fingerprint density at radius 3 is 2.67 bits per heavy atom. The van der Waals surface area contributed by atoms with Crippen LogP contribution in [0.3, 0.4) is 0 Å². The minimum absolute atomic E-state index is 0.0396. The van der Waals surface area contributed by atoms with Gasteiger partial charge < -0.3 is 20.3 Å². The molecule has 11 nitrogen and oxygen atoms in total. The first-order valence-electron chi connectivity index (χ1n) is 12.5. The normalized spacial score (nSPS) is 18.0. The van der Waals surface area contributed by atoms with Gasteiger partial charge in [0, 0.05) is 73.0 Å². The SMILES string of the molecule is CC1CN(c2ccc(C(=O)Nc3cc(F)c4nn(C)cc4c3)c3nc(OCCS(C)(=O)=O)ncc23)CC(C)N1. The van der Waals surface area contributed by atoms with Gasteiger partial charge in [0.25, 0.3) is 5.91 Å². The molecule has 1 fully saturated rings. The Morgan fingerprint density at radius 1 is 1.21 bits per heavy atom. The van der Waals surface area contributed by atoms with Crippen LogP contribution in [0.1, 0.15) is 24.2 Å². The largest absolute Gasteiger partial charge is 0.462 e. The van der Waals surface area contributed by atoms with Crippen molar-refractivity contribution in [2.45, 2.75) is 25.9 Å². The predicted octanol–water partition coefficient (Wildman–Crippen LogP) is 2.52. The molecule has 1 saturated heterocycles. The lowest BCUT2D eigenvalue weighted by molar-refractivity contribution is 0.102. The van der Waals surface area contributed by atoms with Crippen molar-refractivity contribution in [2.75, 3.05) is 41.9 Å². The Hall–Kier alpha value is -3.84. The highest BCUT2D eigenvalue weighted by Gasteiger charge is 2.25. The van der Waals surface area contributed by atoms with E-state index in [1.807, 2.05) is 6.07 Å². The molecular weight excluding hydrogens is 525 g/mol. The van der Waals surface area contributed by atoms with Crippen molar-refractivity contribution in [2.24, 2.45) is 7.05 Å². The second-order valence-corrected chi connectivity index (χ2v) is 12.3. The number of anilines is 2. The van der Waals surface area contributed by atoms with Gasteiger partial charge in [0.2, 0.25) is 0 Å². The maximum atomic E-state index is 14.6. The fourth-order valence-electron chi connectivity index (χ4n) is 4.91. The topological polar surface area (TPSA) is 131 Å². The molecule has 1 amide bonds. The summed E-state index contributed by atoms with van der Waals surface area (Å²) < 4.78 is 44.7. The highest BCUT2D eigenvalue weighted by atomic mass is 32.2. The van der Waals surface area contributed by atoms with E-state index in [9.17, 15) is 17.6 Å². The van der Waals surface area contributed by atoms with Crippen LogP contribution in [0.5, 0.6) is 6.01 Å². The first kappa shape index (κ1) is 26.8. The minimum Gasteiger partial charge on any atom is -0.462 e. The van der Waals surface area contributed by atoms with Gasteiger partial charge in [-0.15, -0.1) is 0 Å². The number of carbonyl (C=O) groups is 1. The third kappa shape index (κ3) is 5.93. The monoisotopic (exact) mass is 555 g/mol. The molecule has 3 heterocycles. The van der Waals surface area contributed by atoms with Crippen LogP contribution in [0.2, 0.25) is 0 Å². The van der Waals surface area contributed by atoms with Crippen LogP contribution in [-0.2, 0) is 16.9 Å². The second kappa shape index (κ2) is 10.4. The number of halogens is 1.